The molecule has 0 saturated heterocycles. The van der Waals surface area contributed by atoms with Crippen molar-refractivity contribution in [3.8, 4) is 23.0 Å². The molecule has 0 aliphatic rings. The van der Waals surface area contributed by atoms with E-state index in [9.17, 15) is 20.4 Å². The smallest absolute Gasteiger partial charge is 0.200 e. The first-order valence-corrected chi connectivity index (χ1v) is 5.33. The molecule has 5 heteroatoms. The number of hydrogen-bond acceptors (Lipinski definition) is 5. The lowest BCUT2D eigenvalue weighted by molar-refractivity contribution is 0.367. The molecule has 5 N–H and O–H groups in total. The van der Waals surface area contributed by atoms with Crippen molar-refractivity contribution >= 4 is 5.69 Å². The van der Waals surface area contributed by atoms with E-state index in [-0.39, 0.29) is 17.2 Å². The van der Waals surface area contributed by atoms with Crippen molar-refractivity contribution in [2.24, 2.45) is 0 Å². The van der Waals surface area contributed by atoms with Crippen LogP contribution >= 0.6 is 0 Å². The predicted molar refractivity (Wildman–Crippen MR) is 66.9 cm³/mol. The molecule has 2 aromatic carbocycles. The van der Waals surface area contributed by atoms with E-state index >= 15 is 0 Å². The molecule has 5 nitrogen and oxygen atoms in total. The Morgan fingerprint density at radius 3 is 2.06 bits per heavy atom. The van der Waals surface area contributed by atoms with E-state index in [0.29, 0.717) is 17.8 Å². The first kappa shape index (κ1) is 11.9. The lowest BCUT2D eigenvalue weighted by Gasteiger charge is -2.09. The van der Waals surface area contributed by atoms with Crippen molar-refractivity contribution in [2.45, 2.75) is 6.54 Å². The van der Waals surface area contributed by atoms with Crippen LogP contribution in [0.5, 0.6) is 23.0 Å². The summed E-state index contributed by atoms with van der Waals surface area (Å²) in [4.78, 5) is 0. The molecule has 0 unspecified atom stereocenters. The fourth-order valence-corrected chi connectivity index (χ4v) is 1.58. The van der Waals surface area contributed by atoms with Crippen LogP contribution in [0.15, 0.2) is 36.4 Å². The van der Waals surface area contributed by atoms with Crippen LogP contribution in [0.25, 0.3) is 0 Å². The topological polar surface area (TPSA) is 93.0 Å². The summed E-state index contributed by atoms with van der Waals surface area (Å²) in [7, 11) is 0. The SMILES string of the molecule is Oc1ccccc1NCc1cc(O)c(O)c(O)c1. The average molecular weight is 247 g/mol. The van der Waals surface area contributed by atoms with Crippen molar-refractivity contribution in [2.75, 3.05) is 5.32 Å². The standard InChI is InChI=1S/C13H13NO4/c15-10-4-2-1-3-9(10)14-7-8-5-11(16)13(18)12(17)6-8/h1-6,14-18H,7H2. The Morgan fingerprint density at radius 2 is 1.44 bits per heavy atom. The maximum Gasteiger partial charge on any atom is 0.200 e. The zero-order chi connectivity index (χ0) is 13.1. The fourth-order valence-electron chi connectivity index (χ4n) is 1.58. The molecule has 0 spiro atoms. The summed E-state index contributed by atoms with van der Waals surface area (Å²) in [6.07, 6.45) is 0. The van der Waals surface area contributed by atoms with Gasteiger partial charge in [-0.1, -0.05) is 12.1 Å². The highest BCUT2D eigenvalue weighted by molar-refractivity contribution is 5.56. The molecule has 0 fully saturated rings. The number of hydrogen-bond donors (Lipinski definition) is 5. The van der Waals surface area contributed by atoms with Gasteiger partial charge in [-0.25, -0.2) is 0 Å². The molecule has 2 rings (SSSR count). The van der Waals surface area contributed by atoms with Gasteiger partial charge in [-0.05, 0) is 29.8 Å². The van der Waals surface area contributed by atoms with Crippen LogP contribution in [-0.2, 0) is 6.54 Å². The predicted octanol–water partition coefficient (Wildman–Crippen LogP) is 2.12. The van der Waals surface area contributed by atoms with Gasteiger partial charge < -0.3 is 25.7 Å². The van der Waals surface area contributed by atoms with Crippen LogP contribution < -0.4 is 5.32 Å². The number of anilines is 1. The van der Waals surface area contributed by atoms with Gasteiger partial charge in [0, 0.05) is 6.54 Å². The number of para-hydroxylation sites is 2. The number of nitrogens with one attached hydrogen (secondary N) is 1. The molecule has 0 bridgehead atoms. The minimum absolute atomic E-state index is 0.115. The van der Waals surface area contributed by atoms with Crippen molar-refractivity contribution in [1.82, 2.24) is 0 Å². The number of phenols is 4. The summed E-state index contributed by atoms with van der Waals surface area (Å²) in [6.45, 7) is 0.291. The number of benzene rings is 2. The fraction of sp³-hybridized carbons (Fsp3) is 0.0769. The molecular formula is C13H13NO4. The molecule has 0 heterocycles. The Labute approximate surface area is 104 Å². The van der Waals surface area contributed by atoms with E-state index in [2.05, 4.69) is 5.32 Å². The second-order valence-electron chi connectivity index (χ2n) is 3.85. The van der Waals surface area contributed by atoms with Gasteiger partial charge in [0.25, 0.3) is 0 Å². The van der Waals surface area contributed by atoms with Crippen LogP contribution in [0.3, 0.4) is 0 Å². The number of aromatic hydroxyl groups is 4. The normalized spacial score (nSPS) is 10.2. The summed E-state index contributed by atoms with van der Waals surface area (Å²) < 4.78 is 0. The minimum atomic E-state index is -0.540. The molecule has 0 aliphatic carbocycles. The van der Waals surface area contributed by atoms with Crippen LogP contribution in [0, 0.1) is 0 Å². The molecule has 18 heavy (non-hydrogen) atoms. The quantitative estimate of drug-likeness (QED) is 0.536. The van der Waals surface area contributed by atoms with Crippen LogP contribution in [0.1, 0.15) is 5.56 Å². The summed E-state index contributed by atoms with van der Waals surface area (Å²) in [5.74, 6) is -1.20. The van der Waals surface area contributed by atoms with Gasteiger partial charge in [-0.15, -0.1) is 0 Å². The maximum atomic E-state index is 9.54. The van der Waals surface area contributed by atoms with Crippen molar-refractivity contribution in [3.63, 3.8) is 0 Å². The molecule has 0 aliphatic heterocycles. The van der Waals surface area contributed by atoms with Gasteiger partial charge >= 0.3 is 0 Å². The highest BCUT2D eigenvalue weighted by Crippen LogP contribution is 2.35. The van der Waals surface area contributed by atoms with Crippen LogP contribution in [-0.4, -0.2) is 20.4 Å². The van der Waals surface area contributed by atoms with Crippen LogP contribution in [0.4, 0.5) is 5.69 Å². The van der Waals surface area contributed by atoms with E-state index < -0.39 is 5.75 Å². The zero-order valence-corrected chi connectivity index (χ0v) is 9.46. The molecule has 0 aromatic heterocycles. The van der Waals surface area contributed by atoms with Crippen molar-refractivity contribution < 1.29 is 20.4 Å². The summed E-state index contributed by atoms with van der Waals surface area (Å²) in [6, 6.07) is 9.40. The first-order valence-electron chi connectivity index (χ1n) is 5.33. The highest BCUT2D eigenvalue weighted by atomic mass is 16.3. The number of phenolic OH excluding ortho intramolecular Hbond substituents is 4. The Bertz CT molecular complexity index is 546. The summed E-state index contributed by atoms with van der Waals surface area (Å²) in [5.41, 5.74) is 1.12. The van der Waals surface area contributed by atoms with E-state index in [1.54, 1.807) is 24.3 Å². The minimum Gasteiger partial charge on any atom is -0.506 e. The lowest BCUT2D eigenvalue weighted by atomic mass is 10.1. The second kappa shape index (κ2) is 4.75. The van der Waals surface area contributed by atoms with Gasteiger partial charge in [0.1, 0.15) is 5.75 Å². The van der Waals surface area contributed by atoms with Gasteiger partial charge in [-0.3, -0.25) is 0 Å². The third-order valence-corrected chi connectivity index (χ3v) is 2.52. The Balaban J connectivity index is 2.14. The third kappa shape index (κ3) is 2.40. The van der Waals surface area contributed by atoms with E-state index in [4.69, 9.17) is 0 Å². The zero-order valence-electron chi connectivity index (χ0n) is 9.46. The molecule has 0 atom stereocenters. The highest BCUT2D eigenvalue weighted by Gasteiger charge is 2.08. The van der Waals surface area contributed by atoms with Crippen LogP contribution in [0.2, 0.25) is 0 Å². The van der Waals surface area contributed by atoms with Gasteiger partial charge in [0.15, 0.2) is 17.2 Å². The largest absolute Gasteiger partial charge is 0.506 e. The molecule has 2 aromatic rings. The van der Waals surface area contributed by atoms with E-state index in [1.165, 1.54) is 12.1 Å². The van der Waals surface area contributed by atoms with E-state index in [1.807, 2.05) is 0 Å². The Kier molecular flexibility index (Phi) is 3.14. The maximum absolute atomic E-state index is 9.54. The first-order chi connectivity index (χ1) is 8.58. The Hall–Kier alpha value is -2.56. The molecule has 0 radical (unpaired) electrons. The summed E-state index contributed by atoms with van der Waals surface area (Å²) in [5, 5.41) is 40.4. The lowest BCUT2D eigenvalue weighted by Crippen LogP contribution is -1.99. The molecular weight excluding hydrogens is 234 g/mol. The van der Waals surface area contributed by atoms with E-state index in [0.717, 1.165) is 0 Å². The van der Waals surface area contributed by atoms with Gasteiger partial charge in [0.05, 0.1) is 5.69 Å². The average Bonchev–Trinajstić information content (AvgIpc) is 2.35. The van der Waals surface area contributed by atoms with Gasteiger partial charge in [0.2, 0.25) is 0 Å². The molecule has 94 valence electrons. The second-order valence-corrected chi connectivity index (χ2v) is 3.85. The summed E-state index contributed by atoms with van der Waals surface area (Å²) >= 11 is 0. The molecule has 0 saturated carbocycles. The third-order valence-electron chi connectivity index (χ3n) is 2.52. The van der Waals surface area contributed by atoms with Gasteiger partial charge in [-0.2, -0.15) is 0 Å². The monoisotopic (exact) mass is 247 g/mol. The number of rotatable bonds is 3. The van der Waals surface area contributed by atoms with Crippen molar-refractivity contribution in [1.29, 1.82) is 0 Å². The molecule has 0 amide bonds. The van der Waals surface area contributed by atoms with Crippen molar-refractivity contribution in [3.05, 3.63) is 42.0 Å². The Morgan fingerprint density at radius 1 is 0.833 bits per heavy atom.